The van der Waals surface area contributed by atoms with Gasteiger partial charge in [0.25, 0.3) is 0 Å². The number of halogens is 4. The minimum absolute atomic E-state index is 0.298. The number of hydrogen-bond donors (Lipinski definition) is 0. The summed E-state index contributed by atoms with van der Waals surface area (Å²) in [5.41, 5.74) is 1.16. The highest BCUT2D eigenvalue weighted by Gasteiger charge is 2.27. The molecule has 0 aliphatic heterocycles. The SMILES string of the molecule is O=C(OC(c1ccc(Br)cc1)C(Br)n1ccnc1)c1ccc(Cl)c(Cl)c1. The smallest absolute Gasteiger partial charge is 0.338 e. The van der Waals surface area contributed by atoms with E-state index in [-0.39, 0.29) is 4.95 Å². The van der Waals surface area contributed by atoms with Crippen molar-refractivity contribution in [1.29, 1.82) is 0 Å². The van der Waals surface area contributed by atoms with Gasteiger partial charge in [-0.15, -0.1) is 0 Å². The summed E-state index contributed by atoms with van der Waals surface area (Å²) in [5, 5.41) is 0.677. The monoisotopic (exact) mass is 516 g/mol. The van der Waals surface area contributed by atoms with Gasteiger partial charge in [-0.1, -0.05) is 67.2 Å². The van der Waals surface area contributed by atoms with Gasteiger partial charge in [-0.25, -0.2) is 9.78 Å². The molecule has 8 heteroatoms. The second-order valence-corrected chi connectivity index (χ2v) is 8.06. The van der Waals surface area contributed by atoms with Gasteiger partial charge in [0.2, 0.25) is 0 Å². The van der Waals surface area contributed by atoms with Gasteiger partial charge in [0, 0.05) is 16.9 Å². The number of aromatic nitrogens is 2. The summed E-state index contributed by atoms with van der Waals surface area (Å²) < 4.78 is 8.54. The zero-order valence-electron chi connectivity index (χ0n) is 13.2. The molecule has 0 spiro atoms. The van der Waals surface area contributed by atoms with Crippen molar-refractivity contribution in [1.82, 2.24) is 9.55 Å². The number of carbonyl (C=O) groups excluding carboxylic acids is 1. The van der Waals surface area contributed by atoms with Crippen LogP contribution in [0.25, 0.3) is 0 Å². The molecule has 0 saturated carbocycles. The first-order valence-corrected chi connectivity index (χ1v) is 9.95. The van der Waals surface area contributed by atoms with E-state index in [4.69, 9.17) is 27.9 Å². The Hall–Kier alpha value is -1.34. The first kappa shape index (κ1) is 19.4. The van der Waals surface area contributed by atoms with Crippen LogP contribution in [0.3, 0.4) is 0 Å². The van der Waals surface area contributed by atoms with Gasteiger partial charge in [0.15, 0.2) is 6.10 Å². The molecule has 134 valence electrons. The second-order valence-electron chi connectivity index (χ2n) is 5.39. The number of nitrogens with zero attached hydrogens (tertiary/aromatic N) is 2. The molecule has 2 unspecified atom stereocenters. The van der Waals surface area contributed by atoms with Crippen LogP contribution in [-0.4, -0.2) is 15.5 Å². The average molecular weight is 519 g/mol. The van der Waals surface area contributed by atoms with Gasteiger partial charge in [0.05, 0.1) is 21.9 Å². The van der Waals surface area contributed by atoms with E-state index in [0.29, 0.717) is 15.6 Å². The van der Waals surface area contributed by atoms with E-state index >= 15 is 0 Å². The van der Waals surface area contributed by atoms with Crippen LogP contribution in [0.2, 0.25) is 10.0 Å². The van der Waals surface area contributed by atoms with Crippen LogP contribution in [0.5, 0.6) is 0 Å². The molecule has 1 aromatic heterocycles. The molecule has 26 heavy (non-hydrogen) atoms. The van der Waals surface area contributed by atoms with E-state index in [1.54, 1.807) is 30.9 Å². The van der Waals surface area contributed by atoms with Gasteiger partial charge in [-0.3, -0.25) is 0 Å². The topological polar surface area (TPSA) is 44.1 Å². The predicted octanol–water partition coefficient (Wildman–Crippen LogP) is 6.44. The van der Waals surface area contributed by atoms with Crippen LogP contribution < -0.4 is 0 Å². The van der Waals surface area contributed by atoms with Gasteiger partial charge >= 0.3 is 5.97 Å². The Balaban J connectivity index is 1.91. The molecule has 0 N–H and O–H groups in total. The zero-order valence-corrected chi connectivity index (χ0v) is 17.8. The van der Waals surface area contributed by atoms with Gasteiger partial charge in [0.1, 0.15) is 4.95 Å². The largest absolute Gasteiger partial charge is 0.451 e. The maximum atomic E-state index is 12.7. The Morgan fingerprint density at radius 3 is 2.46 bits per heavy atom. The van der Waals surface area contributed by atoms with E-state index < -0.39 is 12.1 Å². The Kier molecular flexibility index (Phi) is 6.40. The van der Waals surface area contributed by atoms with Crippen LogP contribution >= 0.6 is 55.1 Å². The Labute approximate surface area is 177 Å². The lowest BCUT2D eigenvalue weighted by atomic mass is 10.1. The molecule has 0 fully saturated rings. The number of esters is 1. The summed E-state index contributed by atoms with van der Waals surface area (Å²) in [7, 11) is 0. The van der Waals surface area contributed by atoms with Crippen LogP contribution in [0.15, 0.2) is 65.7 Å². The molecular weight excluding hydrogens is 507 g/mol. The van der Waals surface area contributed by atoms with Crippen LogP contribution in [0, 0.1) is 0 Å². The lowest BCUT2D eigenvalue weighted by Crippen LogP contribution is -2.19. The van der Waals surface area contributed by atoms with Gasteiger partial charge < -0.3 is 9.30 Å². The molecule has 0 aliphatic rings. The van der Waals surface area contributed by atoms with E-state index in [9.17, 15) is 4.79 Å². The Morgan fingerprint density at radius 1 is 1.12 bits per heavy atom. The molecule has 0 bridgehead atoms. The summed E-state index contributed by atoms with van der Waals surface area (Å²) in [4.78, 5) is 16.4. The zero-order chi connectivity index (χ0) is 18.7. The maximum Gasteiger partial charge on any atom is 0.338 e. The number of ether oxygens (including phenoxy) is 1. The van der Waals surface area contributed by atoms with E-state index in [1.807, 2.05) is 28.8 Å². The number of carbonyl (C=O) groups is 1. The number of imidazole rings is 1. The van der Waals surface area contributed by atoms with Crippen molar-refractivity contribution in [3.8, 4) is 0 Å². The fourth-order valence-electron chi connectivity index (χ4n) is 2.31. The summed E-state index contributed by atoms with van der Waals surface area (Å²) in [5.74, 6) is -0.499. The van der Waals surface area contributed by atoms with Crippen LogP contribution in [0.1, 0.15) is 27.0 Å². The molecule has 4 nitrogen and oxygen atoms in total. The van der Waals surface area contributed by atoms with Crippen LogP contribution in [0.4, 0.5) is 0 Å². The lowest BCUT2D eigenvalue weighted by molar-refractivity contribution is 0.0251. The molecule has 0 radical (unpaired) electrons. The third-order valence-corrected chi connectivity index (χ3v) is 5.87. The molecule has 2 atom stereocenters. The third-order valence-electron chi connectivity index (χ3n) is 3.65. The number of benzene rings is 2. The highest BCUT2D eigenvalue weighted by molar-refractivity contribution is 9.10. The van der Waals surface area contributed by atoms with Gasteiger partial charge in [-0.2, -0.15) is 0 Å². The van der Waals surface area contributed by atoms with Crippen molar-refractivity contribution in [2.24, 2.45) is 0 Å². The minimum atomic E-state index is -0.584. The number of rotatable bonds is 5. The molecule has 2 aromatic carbocycles. The molecule has 1 heterocycles. The highest BCUT2D eigenvalue weighted by Crippen LogP contribution is 2.36. The summed E-state index contributed by atoms with van der Waals surface area (Å²) in [6.07, 6.45) is 4.52. The fraction of sp³-hybridized carbons (Fsp3) is 0.111. The molecule has 0 amide bonds. The van der Waals surface area contributed by atoms with E-state index in [2.05, 4.69) is 36.8 Å². The molecule has 0 saturated heterocycles. The first-order valence-electron chi connectivity index (χ1n) is 7.48. The van der Waals surface area contributed by atoms with Gasteiger partial charge in [-0.05, 0) is 35.9 Å². The number of hydrogen-bond acceptors (Lipinski definition) is 3. The summed E-state index contributed by atoms with van der Waals surface area (Å²) >= 11 is 18.9. The minimum Gasteiger partial charge on any atom is -0.451 e. The normalized spacial score (nSPS) is 13.2. The highest BCUT2D eigenvalue weighted by atomic mass is 79.9. The summed E-state index contributed by atoms with van der Waals surface area (Å²) in [6, 6.07) is 12.2. The van der Waals surface area contributed by atoms with Crippen molar-refractivity contribution in [3.63, 3.8) is 0 Å². The van der Waals surface area contributed by atoms with Crippen LogP contribution in [-0.2, 0) is 4.74 Å². The van der Waals surface area contributed by atoms with E-state index in [1.165, 1.54) is 6.07 Å². The number of alkyl halides is 1. The van der Waals surface area contributed by atoms with E-state index in [0.717, 1.165) is 10.0 Å². The molecular formula is C18H12Br2Cl2N2O2. The van der Waals surface area contributed by atoms with Crippen molar-refractivity contribution < 1.29 is 9.53 Å². The summed E-state index contributed by atoms with van der Waals surface area (Å²) in [6.45, 7) is 0. The van der Waals surface area contributed by atoms with Crippen molar-refractivity contribution in [2.75, 3.05) is 0 Å². The molecule has 3 rings (SSSR count). The van der Waals surface area contributed by atoms with Crippen molar-refractivity contribution in [3.05, 3.63) is 86.8 Å². The second kappa shape index (κ2) is 8.57. The quantitative estimate of drug-likeness (QED) is 0.288. The lowest BCUT2D eigenvalue weighted by Gasteiger charge is -2.24. The predicted molar refractivity (Wildman–Crippen MR) is 109 cm³/mol. The average Bonchev–Trinajstić information content (AvgIpc) is 3.17. The maximum absolute atomic E-state index is 12.7. The van der Waals surface area contributed by atoms with Crippen molar-refractivity contribution >= 4 is 61.0 Å². The molecule has 0 aliphatic carbocycles. The molecule has 3 aromatic rings. The third kappa shape index (κ3) is 4.49. The Bertz CT molecular complexity index is 902. The standard InChI is InChI=1S/C18H12Br2Cl2N2O2/c19-13-4-1-11(2-5-13)16(17(20)24-8-7-23-10-24)26-18(25)12-3-6-14(21)15(22)9-12/h1-10,16-17H. The first-order chi connectivity index (χ1) is 12.5. The fourth-order valence-corrected chi connectivity index (χ4v) is 3.53. The Morgan fingerprint density at radius 2 is 1.85 bits per heavy atom. The van der Waals surface area contributed by atoms with Crippen molar-refractivity contribution in [2.45, 2.75) is 11.1 Å².